The summed E-state index contributed by atoms with van der Waals surface area (Å²) < 4.78 is 0. The summed E-state index contributed by atoms with van der Waals surface area (Å²) in [6.45, 7) is 0. The van der Waals surface area contributed by atoms with Gasteiger partial charge in [0, 0.05) is 6.07 Å². The van der Waals surface area contributed by atoms with Crippen molar-refractivity contribution in [3.8, 4) is 0 Å². The molecule has 19 heavy (non-hydrogen) atoms. The molecule has 0 fully saturated rings. The van der Waals surface area contributed by atoms with Crippen molar-refractivity contribution in [2.75, 3.05) is 5.32 Å². The highest BCUT2D eigenvalue weighted by Gasteiger charge is 2.17. The van der Waals surface area contributed by atoms with Crippen LogP contribution in [0.3, 0.4) is 0 Å². The third-order valence-corrected chi connectivity index (χ3v) is 3.08. The first-order valence-electron chi connectivity index (χ1n) is 5.01. The average molecular weight is 319 g/mol. The summed E-state index contributed by atoms with van der Waals surface area (Å²) in [5.41, 5.74) is 0.115. The number of rotatable bonds is 3. The van der Waals surface area contributed by atoms with E-state index in [0.717, 1.165) is 0 Å². The monoisotopic (exact) mass is 317 g/mol. The van der Waals surface area contributed by atoms with Crippen molar-refractivity contribution < 1.29 is 4.92 Å². The highest BCUT2D eigenvalue weighted by Crippen LogP contribution is 2.35. The van der Waals surface area contributed by atoms with Crippen LogP contribution in [0.4, 0.5) is 17.2 Å². The minimum Gasteiger partial charge on any atom is -0.332 e. The van der Waals surface area contributed by atoms with Gasteiger partial charge >= 0.3 is 5.69 Å². The fourth-order valence-corrected chi connectivity index (χ4v) is 2.04. The SMILES string of the molecule is O=[N+]([O-])c1ccc(Cl)nc1Nc1c(Cl)cccc1Cl. The molecule has 5 nitrogen and oxygen atoms in total. The van der Waals surface area contributed by atoms with E-state index in [1.807, 2.05) is 0 Å². The number of para-hydroxylation sites is 1. The number of pyridine rings is 1. The standard InChI is InChI=1S/C11H6Cl3N3O2/c12-6-2-1-3-7(13)10(6)16-11-8(17(18)19)4-5-9(14)15-11/h1-5H,(H,15,16). The fraction of sp³-hybridized carbons (Fsp3) is 0. The summed E-state index contributed by atoms with van der Waals surface area (Å²) in [6.07, 6.45) is 0. The van der Waals surface area contributed by atoms with E-state index in [1.165, 1.54) is 12.1 Å². The maximum Gasteiger partial charge on any atom is 0.311 e. The molecular formula is C11H6Cl3N3O2. The van der Waals surface area contributed by atoms with Gasteiger partial charge in [-0.25, -0.2) is 4.98 Å². The maximum absolute atomic E-state index is 10.9. The zero-order valence-corrected chi connectivity index (χ0v) is 11.5. The molecule has 2 aromatic rings. The molecule has 98 valence electrons. The Balaban J connectivity index is 2.49. The number of halogens is 3. The van der Waals surface area contributed by atoms with Crippen LogP contribution in [0.15, 0.2) is 30.3 Å². The Bertz CT molecular complexity index is 629. The van der Waals surface area contributed by atoms with E-state index >= 15 is 0 Å². The van der Waals surface area contributed by atoms with Gasteiger partial charge in [-0.2, -0.15) is 0 Å². The van der Waals surface area contributed by atoms with Crippen LogP contribution in [0.25, 0.3) is 0 Å². The van der Waals surface area contributed by atoms with E-state index in [4.69, 9.17) is 34.8 Å². The highest BCUT2D eigenvalue weighted by atomic mass is 35.5. The van der Waals surface area contributed by atoms with Crippen molar-refractivity contribution in [1.82, 2.24) is 4.98 Å². The summed E-state index contributed by atoms with van der Waals surface area (Å²) in [4.78, 5) is 14.2. The average Bonchev–Trinajstić information content (AvgIpc) is 2.33. The largest absolute Gasteiger partial charge is 0.332 e. The molecule has 8 heteroatoms. The molecule has 0 saturated carbocycles. The number of nitrogens with one attached hydrogen (secondary N) is 1. The summed E-state index contributed by atoms with van der Waals surface area (Å²) in [7, 11) is 0. The first kappa shape index (κ1) is 13.9. The second-order valence-corrected chi connectivity index (χ2v) is 4.68. The molecule has 0 amide bonds. The molecule has 0 aliphatic heterocycles. The van der Waals surface area contributed by atoms with Gasteiger partial charge in [0.05, 0.1) is 20.7 Å². The van der Waals surface area contributed by atoms with Gasteiger partial charge in [-0.1, -0.05) is 40.9 Å². The van der Waals surface area contributed by atoms with Gasteiger partial charge in [0.1, 0.15) is 5.15 Å². The van der Waals surface area contributed by atoms with Gasteiger partial charge in [-0.15, -0.1) is 0 Å². The molecule has 1 heterocycles. The lowest BCUT2D eigenvalue weighted by Gasteiger charge is -2.09. The minimum atomic E-state index is -0.573. The zero-order valence-electron chi connectivity index (χ0n) is 9.23. The van der Waals surface area contributed by atoms with Gasteiger partial charge < -0.3 is 5.32 Å². The Labute approximate surface area is 123 Å². The molecule has 0 saturated heterocycles. The fourth-order valence-electron chi connectivity index (χ4n) is 1.40. The van der Waals surface area contributed by atoms with Crippen molar-refractivity contribution in [1.29, 1.82) is 0 Å². The number of hydrogen-bond donors (Lipinski definition) is 1. The number of anilines is 2. The second-order valence-electron chi connectivity index (χ2n) is 3.48. The smallest absolute Gasteiger partial charge is 0.311 e. The Kier molecular flexibility index (Phi) is 4.09. The molecule has 1 aromatic carbocycles. The Morgan fingerprint density at radius 3 is 2.32 bits per heavy atom. The Morgan fingerprint density at radius 2 is 1.74 bits per heavy atom. The lowest BCUT2D eigenvalue weighted by Crippen LogP contribution is -2.00. The maximum atomic E-state index is 10.9. The van der Waals surface area contributed by atoms with Gasteiger partial charge in [-0.3, -0.25) is 10.1 Å². The summed E-state index contributed by atoms with van der Waals surface area (Å²) in [6, 6.07) is 7.45. The van der Waals surface area contributed by atoms with Crippen molar-refractivity contribution in [3.63, 3.8) is 0 Å². The summed E-state index contributed by atoms with van der Waals surface area (Å²) in [5, 5.41) is 14.4. The molecule has 0 spiro atoms. The third-order valence-electron chi connectivity index (χ3n) is 2.24. The minimum absolute atomic E-state index is 0.0208. The first-order chi connectivity index (χ1) is 8.99. The molecule has 2 rings (SSSR count). The number of aromatic nitrogens is 1. The van der Waals surface area contributed by atoms with Crippen LogP contribution in [-0.4, -0.2) is 9.91 Å². The van der Waals surface area contributed by atoms with Crippen molar-refractivity contribution in [2.45, 2.75) is 0 Å². The number of nitro groups is 1. The van der Waals surface area contributed by atoms with Gasteiger partial charge in [0.25, 0.3) is 0 Å². The van der Waals surface area contributed by atoms with Crippen LogP contribution in [-0.2, 0) is 0 Å². The quantitative estimate of drug-likeness (QED) is 0.506. The van der Waals surface area contributed by atoms with E-state index in [2.05, 4.69) is 10.3 Å². The molecule has 0 radical (unpaired) electrons. The molecule has 1 N–H and O–H groups in total. The van der Waals surface area contributed by atoms with E-state index in [1.54, 1.807) is 18.2 Å². The third kappa shape index (κ3) is 3.07. The predicted molar refractivity (Wildman–Crippen MR) is 75.6 cm³/mol. The Morgan fingerprint density at radius 1 is 1.11 bits per heavy atom. The molecule has 1 aromatic heterocycles. The zero-order chi connectivity index (χ0) is 14.0. The lowest BCUT2D eigenvalue weighted by atomic mass is 10.3. The van der Waals surface area contributed by atoms with Crippen LogP contribution >= 0.6 is 34.8 Å². The summed E-state index contributed by atoms with van der Waals surface area (Å²) in [5.74, 6) is -0.0208. The van der Waals surface area contributed by atoms with Crippen molar-refractivity contribution in [2.24, 2.45) is 0 Å². The number of hydrogen-bond acceptors (Lipinski definition) is 4. The van der Waals surface area contributed by atoms with Gasteiger partial charge in [0.15, 0.2) is 0 Å². The van der Waals surface area contributed by atoms with E-state index in [9.17, 15) is 10.1 Å². The van der Waals surface area contributed by atoms with E-state index in [-0.39, 0.29) is 16.7 Å². The molecular weight excluding hydrogens is 312 g/mol. The first-order valence-corrected chi connectivity index (χ1v) is 6.14. The van der Waals surface area contributed by atoms with E-state index < -0.39 is 4.92 Å². The van der Waals surface area contributed by atoms with Crippen LogP contribution in [0.1, 0.15) is 0 Å². The second kappa shape index (κ2) is 5.61. The molecule has 0 aliphatic carbocycles. The number of benzene rings is 1. The summed E-state index contributed by atoms with van der Waals surface area (Å²) >= 11 is 17.7. The Hall–Kier alpha value is -1.56. The van der Waals surface area contributed by atoms with Crippen LogP contribution in [0, 0.1) is 10.1 Å². The molecule has 0 atom stereocenters. The van der Waals surface area contributed by atoms with Gasteiger partial charge in [-0.05, 0) is 18.2 Å². The molecule has 0 aliphatic rings. The van der Waals surface area contributed by atoms with Crippen molar-refractivity contribution >= 4 is 52.0 Å². The lowest BCUT2D eigenvalue weighted by molar-refractivity contribution is -0.384. The van der Waals surface area contributed by atoms with Crippen LogP contribution in [0.2, 0.25) is 15.2 Å². The van der Waals surface area contributed by atoms with Crippen LogP contribution in [0.5, 0.6) is 0 Å². The molecule has 0 unspecified atom stereocenters. The van der Waals surface area contributed by atoms with Gasteiger partial charge in [0.2, 0.25) is 5.82 Å². The highest BCUT2D eigenvalue weighted by molar-refractivity contribution is 6.39. The predicted octanol–water partition coefficient (Wildman–Crippen LogP) is 4.69. The van der Waals surface area contributed by atoms with Crippen LogP contribution < -0.4 is 5.32 Å². The normalized spacial score (nSPS) is 10.3. The van der Waals surface area contributed by atoms with E-state index in [0.29, 0.717) is 15.7 Å². The number of nitrogens with zero attached hydrogens (tertiary/aromatic N) is 2. The van der Waals surface area contributed by atoms with Crippen molar-refractivity contribution in [3.05, 3.63) is 55.6 Å². The molecule has 0 bridgehead atoms. The topological polar surface area (TPSA) is 68.1 Å².